The van der Waals surface area contributed by atoms with Gasteiger partial charge in [-0.15, -0.1) is 0 Å². The van der Waals surface area contributed by atoms with Crippen molar-refractivity contribution in [1.82, 2.24) is 10.2 Å². The van der Waals surface area contributed by atoms with Crippen LogP contribution in [0, 0.1) is 5.92 Å². The van der Waals surface area contributed by atoms with Gasteiger partial charge in [-0.05, 0) is 31.4 Å². The Labute approximate surface area is 131 Å². The van der Waals surface area contributed by atoms with Crippen molar-refractivity contribution in [3.8, 4) is 0 Å². The van der Waals surface area contributed by atoms with Crippen molar-refractivity contribution in [2.75, 3.05) is 25.0 Å². The van der Waals surface area contributed by atoms with Crippen LogP contribution in [-0.4, -0.2) is 42.4 Å². The molecule has 2 heterocycles. The molecule has 0 spiro atoms. The molecular weight excluding hydrogens is 278 g/mol. The van der Waals surface area contributed by atoms with Crippen molar-refractivity contribution in [1.29, 1.82) is 0 Å². The van der Waals surface area contributed by atoms with Crippen molar-refractivity contribution >= 4 is 17.5 Å². The van der Waals surface area contributed by atoms with Crippen LogP contribution in [0.2, 0.25) is 0 Å². The second-order valence-electron chi connectivity index (χ2n) is 6.17. The van der Waals surface area contributed by atoms with Gasteiger partial charge in [0.05, 0.1) is 0 Å². The van der Waals surface area contributed by atoms with E-state index in [-0.39, 0.29) is 23.8 Å². The van der Waals surface area contributed by atoms with Crippen LogP contribution < -0.4 is 10.6 Å². The summed E-state index contributed by atoms with van der Waals surface area (Å²) in [6, 6.07) is 10.4. The number of nitrogens with zero attached hydrogens (tertiary/aromatic N) is 1. The molecule has 5 heteroatoms. The quantitative estimate of drug-likeness (QED) is 0.892. The Hall–Kier alpha value is -2.04. The van der Waals surface area contributed by atoms with Crippen LogP contribution in [0.3, 0.4) is 0 Å². The number of nitrogens with one attached hydrogen (secondary N) is 2. The van der Waals surface area contributed by atoms with Crippen LogP contribution in [0.25, 0.3) is 0 Å². The molecule has 0 saturated carbocycles. The van der Waals surface area contributed by atoms with E-state index in [0.29, 0.717) is 13.0 Å². The predicted octanol–water partition coefficient (Wildman–Crippen LogP) is 1.62. The van der Waals surface area contributed by atoms with E-state index in [1.807, 2.05) is 35.2 Å². The predicted molar refractivity (Wildman–Crippen MR) is 85.4 cm³/mol. The normalized spacial score (nSPS) is 25.5. The van der Waals surface area contributed by atoms with Crippen LogP contribution in [0.1, 0.15) is 25.7 Å². The van der Waals surface area contributed by atoms with Crippen LogP contribution in [-0.2, 0) is 9.59 Å². The molecule has 2 aliphatic rings. The molecule has 5 nitrogen and oxygen atoms in total. The number of rotatable bonds is 3. The third-order valence-corrected chi connectivity index (χ3v) is 4.47. The number of benzene rings is 1. The number of carbonyl (C=O) groups excluding carboxylic acids is 2. The number of anilines is 1. The Morgan fingerprint density at radius 2 is 2.05 bits per heavy atom. The smallest absolute Gasteiger partial charge is 0.226 e. The Balaban J connectivity index is 1.58. The number of hydrogen-bond acceptors (Lipinski definition) is 3. The van der Waals surface area contributed by atoms with Gasteiger partial charge in [-0.2, -0.15) is 0 Å². The zero-order valence-electron chi connectivity index (χ0n) is 12.8. The Kier molecular flexibility index (Phi) is 4.61. The third-order valence-electron chi connectivity index (χ3n) is 4.47. The molecule has 0 aliphatic carbocycles. The van der Waals surface area contributed by atoms with E-state index in [4.69, 9.17) is 0 Å². The number of amides is 2. The monoisotopic (exact) mass is 301 g/mol. The third kappa shape index (κ3) is 3.59. The molecular formula is C17H23N3O2. The molecule has 22 heavy (non-hydrogen) atoms. The summed E-state index contributed by atoms with van der Waals surface area (Å²) >= 11 is 0. The Morgan fingerprint density at radius 3 is 2.82 bits per heavy atom. The van der Waals surface area contributed by atoms with E-state index in [1.165, 1.54) is 0 Å². The molecule has 2 fully saturated rings. The lowest BCUT2D eigenvalue weighted by atomic mass is 9.94. The van der Waals surface area contributed by atoms with Crippen LogP contribution in [0.4, 0.5) is 5.69 Å². The fraction of sp³-hybridized carbons (Fsp3) is 0.529. The Bertz CT molecular complexity index is 532. The van der Waals surface area contributed by atoms with Crippen molar-refractivity contribution < 1.29 is 9.59 Å². The minimum Gasteiger partial charge on any atom is -0.381 e. The molecule has 1 aromatic carbocycles. The fourth-order valence-electron chi connectivity index (χ4n) is 3.32. The van der Waals surface area contributed by atoms with E-state index in [0.717, 1.165) is 38.0 Å². The standard InChI is InChI=1S/C17H23N3O2/c21-16-11-13(8-9-18-16)17(22)20-10-4-7-15(12-20)19-14-5-2-1-3-6-14/h1-3,5-6,13,15,19H,4,7-12H2,(H,18,21). The van der Waals surface area contributed by atoms with Crippen LogP contribution in [0.5, 0.6) is 0 Å². The summed E-state index contributed by atoms with van der Waals surface area (Å²) in [5.74, 6) is 0.0132. The maximum Gasteiger partial charge on any atom is 0.226 e. The summed E-state index contributed by atoms with van der Waals surface area (Å²) in [5, 5.41) is 6.29. The van der Waals surface area contributed by atoms with Crippen LogP contribution >= 0.6 is 0 Å². The SMILES string of the molecule is O=C1CC(C(=O)N2CCCC(Nc3ccccc3)C2)CCN1. The highest BCUT2D eigenvalue weighted by Crippen LogP contribution is 2.21. The van der Waals surface area contributed by atoms with E-state index in [9.17, 15) is 9.59 Å². The molecule has 118 valence electrons. The van der Waals surface area contributed by atoms with Gasteiger partial charge < -0.3 is 15.5 Å². The average Bonchev–Trinajstić information content (AvgIpc) is 2.55. The first-order valence-corrected chi connectivity index (χ1v) is 8.09. The Morgan fingerprint density at radius 1 is 1.23 bits per heavy atom. The summed E-state index contributed by atoms with van der Waals surface area (Å²) < 4.78 is 0. The molecule has 3 rings (SSSR count). The minimum absolute atomic E-state index is 0.000528. The molecule has 2 saturated heterocycles. The lowest BCUT2D eigenvalue weighted by Gasteiger charge is -2.36. The molecule has 0 aromatic heterocycles. The lowest BCUT2D eigenvalue weighted by Crippen LogP contribution is -2.49. The number of piperidine rings is 2. The first kappa shape index (κ1) is 14.9. The van der Waals surface area contributed by atoms with Crippen molar-refractivity contribution in [3.05, 3.63) is 30.3 Å². The van der Waals surface area contributed by atoms with E-state index in [2.05, 4.69) is 10.6 Å². The molecule has 0 radical (unpaired) electrons. The van der Waals surface area contributed by atoms with Gasteiger partial charge >= 0.3 is 0 Å². The summed E-state index contributed by atoms with van der Waals surface area (Å²) in [5.41, 5.74) is 1.10. The van der Waals surface area contributed by atoms with E-state index >= 15 is 0 Å². The number of likely N-dealkylation sites (tertiary alicyclic amines) is 1. The maximum atomic E-state index is 12.6. The van der Waals surface area contributed by atoms with Crippen molar-refractivity contribution in [2.45, 2.75) is 31.7 Å². The van der Waals surface area contributed by atoms with Gasteiger partial charge in [0.2, 0.25) is 11.8 Å². The second-order valence-corrected chi connectivity index (χ2v) is 6.17. The van der Waals surface area contributed by atoms with Gasteiger partial charge in [-0.25, -0.2) is 0 Å². The van der Waals surface area contributed by atoms with Gasteiger partial charge in [-0.1, -0.05) is 18.2 Å². The topological polar surface area (TPSA) is 61.4 Å². The zero-order chi connectivity index (χ0) is 15.4. The van der Waals surface area contributed by atoms with Gasteiger partial charge in [-0.3, -0.25) is 9.59 Å². The van der Waals surface area contributed by atoms with Gasteiger partial charge in [0.15, 0.2) is 0 Å². The summed E-state index contributed by atoms with van der Waals surface area (Å²) in [7, 11) is 0. The summed E-state index contributed by atoms with van der Waals surface area (Å²) in [6.07, 6.45) is 3.18. The van der Waals surface area contributed by atoms with Gasteiger partial charge in [0.1, 0.15) is 0 Å². The minimum atomic E-state index is -0.135. The molecule has 2 unspecified atom stereocenters. The zero-order valence-corrected chi connectivity index (χ0v) is 12.8. The maximum absolute atomic E-state index is 12.6. The summed E-state index contributed by atoms with van der Waals surface area (Å²) in [6.45, 7) is 2.16. The van der Waals surface area contributed by atoms with Crippen molar-refractivity contribution in [2.24, 2.45) is 5.92 Å². The number of carbonyl (C=O) groups is 2. The lowest BCUT2D eigenvalue weighted by molar-refractivity contribution is -0.141. The van der Waals surface area contributed by atoms with Gasteiger partial charge in [0.25, 0.3) is 0 Å². The fourth-order valence-corrected chi connectivity index (χ4v) is 3.32. The first-order chi connectivity index (χ1) is 10.7. The highest BCUT2D eigenvalue weighted by atomic mass is 16.2. The first-order valence-electron chi connectivity index (χ1n) is 8.09. The van der Waals surface area contributed by atoms with Crippen molar-refractivity contribution in [3.63, 3.8) is 0 Å². The van der Waals surface area contributed by atoms with E-state index in [1.54, 1.807) is 0 Å². The summed E-state index contributed by atoms with van der Waals surface area (Å²) in [4.78, 5) is 26.0. The molecule has 2 aliphatic heterocycles. The second kappa shape index (κ2) is 6.81. The van der Waals surface area contributed by atoms with Crippen LogP contribution in [0.15, 0.2) is 30.3 Å². The molecule has 1 aromatic rings. The highest BCUT2D eigenvalue weighted by molar-refractivity contribution is 5.87. The largest absolute Gasteiger partial charge is 0.381 e. The average molecular weight is 301 g/mol. The molecule has 2 atom stereocenters. The molecule has 2 N–H and O–H groups in total. The molecule has 2 amide bonds. The molecule has 0 bridgehead atoms. The van der Waals surface area contributed by atoms with E-state index < -0.39 is 0 Å². The number of para-hydroxylation sites is 1. The van der Waals surface area contributed by atoms with Gasteiger partial charge in [0, 0.05) is 43.7 Å². The number of hydrogen-bond donors (Lipinski definition) is 2. The highest BCUT2D eigenvalue weighted by Gasteiger charge is 2.31.